The van der Waals surface area contributed by atoms with Crippen molar-refractivity contribution in [2.24, 2.45) is 0 Å². The van der Waals surface area contributed by atoms with Crippen LogP contribution in [0.25, 0.3) is 16.6 Å². The van der Waals surface area contributed by atoms with Crippen LogP contribution < -0.4 is 4.74 Å². The van der Waals surface area contributed by atoms with Crippen LogP contribution >= 0.6 is 11.8 Å². The Balaban J connectivity index is 1.37. The van der Waals surface area contributed by atoms with Gasteiger partial charge in [0.25, 0.3) is 0 Å². The third-order valence-corrected chi connectivity index (χ3v) is 7.92. The molecule has 0 amide bonds. The fourth-order valence-corrected chi connectivity index (χ4v) is 5.92. The number of aromatic amines is 1. The van der Waals surface area contributed by atoms with E-state index in [2.05, 4.69) is 52.2 Å². The lowest BCUT2D eigenvalue weighted by Crippen LogP contribution is -2.21. The summed E-state index contributed by atoms with van der Waals surface area (Å²) in [5, 5.41) is 11.2. The number of benzene rings is 2. The van der Waals surface area contributed by atoms with Crippen LogP contribution in [0.3, 0.4) is 0 Å². The van der Waals surface area contributed by atoms with E-state index >= 15 is 0 Å². The van der Waals surface area contributed by atoms with Crippen molar-refractivity contribution in [3.8, 4) is 5.75 Å². The molecule has 0 bridgehead atoms. The normalized spacial score (nSPS) is 18.5. The number of methoxy groups -OCH3 is 1. The number of H-pyrrole nitrogens is 1. The highest BCUT2D eigenvalue weighted by Crippen LogP contribution is 2.43. The van der Waals surface area contributed by atoms with Crippen LogP contribution in [0.4, 0.5) is 0 Å². The second-order valence-corrected chi connectivity index (χ2v) is 10.2. The number of fused-ring (bicyclic) bond motifs is 3. The zero-order valence-corrected chi connectivity index (χ0v) is 20.3. The van der Waals surface area contributed by atoms with Gasteiger partial charge < -0.3 is 24.6 Å². The molecule has 2 aromatic carbocycles. The van der Waals surface area contributed by atoms with E-state index in [4.69, 9.17) is 9.72 Å². The molecule has 0 atom stereocenters. The van der Waals surface area contributed by atoms with Gasteiger partial charge in [0.15, 0.2) is 0 Å². The van der Waals surface area contributed by atoms with E-state index in [9.17, 15) is 5.11 Å². The molecular weight excluding hydrogens is 444 g/mol. The lowest BCUT2D eigenvalue weighted by Gasteiger charge is -2.28. The van der Waals surface area contributed by atoms with Gasteiger partial charge in [-0.2, -0.15) is 0 Å². The lowest BCUT2D eigenvalue weighted by atomic mass is 10.0. The number of hydrogen-bond acceptors (Lipinski definition) is 6. The van der Waals surface area contributed by atoms with Crippen LogP contribution in [0.15, 0.2) is 65.0 Å². The van der Waals surface area contributed by atoms with Crippen LogP contribution in [-0.2, 0) is 19.4 Å². The Morgan fingerprint density at radius 3 is 2.65 bits per heavy atom. The van der Waals surface area contributed by atoms with Crippen molar-refractivity contribution in [3.05, 3.63) is 87.6 Å². The van der Waals surface area contributed by atoms with E-state index in [-0.39, 0.29) is 0 Å². The molecule has 0 unspecified atom stereocenters. The van der Waals surface area contributed by atoms with Gasteiger partial charge in [-0.15, -0.1) is 11.8 Å². The molecule has 4 heterocycles. The summed E-state index contributed by atoms with van der Waals surface area (Å²) < 4.78 is 5.30. The summed E-state index contributed by atoms with van der Waals surface area (Å²) in [5.41, 5.74) is 7.74. The van der Waals surface area contributed by atoms with Crippen LogP contribution in [0.1, 0.15) is 22.5 Å². The first-order chi connectivity index (χ1) is 16.6. The quantitative estimate of drug-likeness (QED) is 0.566. The third kappa shape index (κ3) is 3.79. The highest BCUT2D eigenvalue weighted by Gasteiger charge is 2.30. The summed E-state index contributed by atoms with van der Waals surface area (Å²) >= 11 is 1.67. The third-order valence-electron chi connectivity index (χ3n) is 6.90. The zero-order valence-electron chi connectivity index (χ0n) is 19.5. The maximum absolute atomic E-state index is 11.2. The first kappa shape index (κ1) is 21.4. The predicted molar refractivity (Wildman–Crippen MR) is 138 cm³/mol. The predicted octanol–water partition coefficient (Wildman–Crippen LogP) is 4.86. The molecule has 7 heteroatoms. The number of aliphatic hydroxyl groups is 1. The van der Waals surface area contributed by atoms with E-state index < -0.39 is 0 Å². The minimum atomic E-state index is 0.307. The fraction of sp³-hybridized carbons (Fsp3) is 0.296. The fourth-order valence-electron chi connectivity index (χ4n) is 4.92. The summed E-state index contributed by atoms with van der Waals surface area (Å²) in [6.07, 6.45) is 6.30. The van der Waals surface area contributed by atoms with Gasteiger partial charge in [-0.25, -0.2) is 4.98 Å². The number of likely N-dealkylation sites (N-methyl/N-ethyl adjacent to an activating group) is 1. The van der Waals surface area contributed by atoms with Gasteiger partial charge in [0.1, 0.15) is 17.3 Å². The minimum absolute atomic E-state index is 0.307. The molecule has 3 aliphatic heterocycles. The van der Waals surface area contributed by atoms with Crippen LogP contribution in [0.5, 0.6) is 5.75 Å². The zero-order chi connectivity index (χ0) is 23.2. The van der Waals surface area contributed by atoms with E-state index in [1.165, 1.54) is 16.7 Å². The molecule has 2 N–H and O–H groups in total. The number of hydrogen-bond donors (Lipinski definition) is 2. The first-order valence-corrected chi connectivity index (χ1v) is 12.7. The number of nitrogens with one attached hydrogen (secondary N) is 1. The standard InChI is InChI=1S/C27H28N4O2S/c1-30-10-7-18-13-22-23(14-19(18)8-11-30)29-27(28-22)21-16-31(24-9-12-34-26(24)25(21)32)15-17-3-5-20(33-2)6-4-17/h3-6,9,13-14,16,32H,7-8,10-12,15H2,1-2H3,(H,28,29). The average molecular weight is 473 g/mol. The van der Waals surface area contributed by atoms with E-state index in [0.717, 1.165) is 64.6 Å². The molecule has 174 valence electrons. The summed E-state index contributed by atoms with van der Waals surface area (Å²) in [4.78, 5) is 13.9. The monoisotopic (exact) mass is 472 g/mol. The molecule has 34 heavy (non-hydrogen) atoms. The largest absolute Gasteiger partial charge is 0.506 e. The molecule has 6 nitrogen and oxygen atoms in total. The summed E-state index contributed by atoms with van der Waals surface area (Å²) in [5.74, 6) is 2.72. The average Bonchev–Trinajstić information content (AvgIpc) is 3.46. The van der Waals surface area contributed by atoms with Crippen LogP contribution in [0, 0.1) is 0 Å². The molecule has 3 aromatic rings. The smallest absolute Gasteiger partial charge is 0.143 e. The number of thioether (sulfide) groups is 1. The van der Waals surface area contributed by atoms with Gasteiger partial charge in [0, 0.05) is 31.6 Å². The maximum atomic E-state index is 11.2. The molecule has 0 saturated carbocycles. The Labute approximate surface area is 203 Å². The van der Waals surface area contributed by atoms with Gasteiger partial charge in [-0.05, 0) is 66.9 Å². The summed E-state index contributed by atoms with van der Waals surface area (Å²) in [6.45, 7) is 2.85. The van der Waals surface area contributed by atoms with Crippen molar-refractivity contribution in [3.63, 3.8) is 0 Å². The first-order valence-electron chi connectivity index (χ1n) is 11.7. The highest BCUT2D eigenvalue weighted by atomic mass is 32.2. The van der Waals surface area contributed by atoms with Gasteiger partial charge >= 0.3 is 0 Å². The number of nitrogens with zero attached hydrogens (tertiary/aromatic N) is 3. The van der Waals surface area contributed by atoms with Crippen molar-refractivity contribution in [2.75, 3.05) is 33.0 Å². The number of aliphatic hydroxyl groups excluding tert-OH is 1. The SMILES string of the molecule is COc1ccc(CN2C=C(c3nc4cc5c(cc4[nH]3)CCN(C)CC5)C(O)=C3SCC=C32)cc1. The van der Waals surface area contributed by atoms with E-state index in [1.807, 2.05) is 18.3 Å². The summed E-state index contributed by atoms with van der Waals surface area (Å²) in [7, 11) is 3.86. The number of imidazole rings is 1. The number of ether oxygens (including phenoxy) is 1. The molecule has 6 rings (SSSR count). The van der Waals surface area contributed by atoms with Crippen molar-refractivity contribution in [1.29, 1.82) is 0 Å². The Bertz CT molecular complexity index is 1310. The van der Waals surface area contributed by atoms with Crippen molar-refractivity contribution in [2.45, 2.75) is 19.4 Å². The van der Waals surface area contributed by atoms with Gasteiger partial charge in [-0.1, -0.05) is 12.1 Å². The molecule has 3 aliphatic rings. The second-order valence-electron chi connectivity index (χ2n) is 9.12. The minimum Gasteiger partial charge on any atom is -0.506 e. The van der Waals surface area contributed by atoms with Gasteiger partial charge in [0.2, 0.25) is 0 Å². The molecule has 1 aromatic heterocycles. The lowest BCUT2D eigenvalue weighted by molar-refractivity contribution is 0.352. The van der Waals surface area contributed by atoms with E-state index in [0.29, 0.717) is 18.1 Å². The molecule has 0 spiro atoms. The second kappa shape index (κ2) is 8.56. The topological polar surface area (TPSA) is 64.6 Å². The molecule has 0 radical (unpaired) electrons. The molecule has 0 aliphatic carbocycles. The summed E-state index contributed by atoms with van der Waals surface area (Å²) in [6, 6.07) is 12.6. The molecule has 0 fully saturated rings. The van der Waals surface area contributed by atoms with E-state index in [1.54, 1.807) is 18.9 Å². The van der Waals surface area contributed by atoms with Crippen molar-refractivity contribution >= 4 is 28.4 Å². The Hall–Kier alpha value is -3.16. The Morgan fingerprint density at radius 2 is 1.88 bits per heavy atom. The highest BCUT2D eigenvalue weighted by molar-refractivity contribution is 8.03. The Kier molecular flexibility index (Phi) is 5.38. The van der Waals surface area contributed by atoms with Crippen molar-refractivity contribution in [1.82, 2.24) is 19.8 Å². The Morgan fingerprint density at radius 1 is 1.12 bits per heavy atom. The van der Waals surface area contributed by atoms with Crippen LogP contribution in [-0.4, -0.2) is 57.9 Å². The molecule has 0 saturated heterocycles. The number of rotatable bonds is 4. The number of aromatic nitrogens is 2. The molecular formula is C27H28N4O2S. The van der Waals surface area contributed by atoms with Crippen molar-refractivity contribution < 1.29 is 9.84 Å². The number of allylic oxidation sites excluding steroid dienone is 1. The van der Waals surface area contributed by atoms with Gasteiger partial charge in [0.05, 0.1) is 34.3 Å². The van der Waals surface area contributed by atoms with Crippen LogP contribution in [0.2, 0.25) is 0 Å². The van der Waals surface area contributed by atoms with Gasteiger partial charge in [-0.3, -0.25) is 0 Å². The maximum Gasteiger partial charge on any atom is 0.143 e.